The zero-order valence-corrected chi connectivity index (χ0v) is 15.6. The fourth-order valence-electron chi connectivity index (χ4n) is 1.91. The minimum Gasteiger partial charge on any atom is -0.385 e. The molecule has 0 aliphatic heterocycles. The van der Waals surface area contributed by atoms with Crippen molar-refractivity contribution >= 4 is 29.9 Å². The van der Waals surface area contributed by atoms with E-state index in [0.717, 1.165) is 44.9 Å². The van der Waals surface area contributed by atoms with Gasteiger partial charge in [0.25, 0.3) is 0 Å². The van der Waals surface area contributed by atoms with Crippen molar-refractivity contribution < 1.29 is 4.74 Å². The molecule has 0 bridgehead atoms. The highest BCUT2D eigenvalue weighted by Crippen LogP contribution is 2.05. The Morgan fingerprint density at radius 1 is 1.10 bits per heavy atom. The highest BCUT2D eigenvalue weighted by Gasteiger charge is 1.98. The molecule has 0 spiro atoms. The standard InChI is InChI=1S/C16H27N3O.HI/c1-4-14-6-8-15(9-7-14)10-12-19-16(17-2)18-11-5-13-20-3;/h6-9H,4-5,10-13H2,1-3H3,(H2,17,18,19);1H. The van der Waals surface area contributed by atoms with E-state index in [0.29, 0.717) is 0 Å². The molecule has 0 aliphatic rings. The van der Waals surface area contributed by atoms with Crippen molar-refractivity contribution in [3.63, 3.8) is 0 Å². The molecule has 0 aliphatic carbocycles. The summed E-state index contributed by atoms with van der Waals surface area (Å²) in [6, 6.07) is 8.81. The molecule has 120 valence electrons. The minimum atomic E-state index is 0. The van der Waals surface area contributed by atoms with E-state index in [-0.39, 0.29) is 24.0 Å². The number of aryl methyl sites for hydroxylation is 1. The number of ether oxygens (including phenoxy) is 1. The molecule has 1 aromatic carbocycles. The van der Waals surface area contributed by atoms with Gasteiger partial charge in [-0.2, -0.15) is 0 Å². The van der Waals surface area contributed by atoms with Crippen LogP contribution < -0.4 is 10.6 Å². The van der Waals surface area contributed by atoms with Crippen LogP contribution in [0.25, 0.3) is 0 Å². The number of nitrogens with zero attached hydrogens (tertiary/aromatic N) is 1. The van der Waals surface area contributed by atoms with E-state index in [4.69, 9.17) is 4.74 Å². The summed E-state index contributed by atoms with van der Waals surface area (Å²) in [5, 5.41) is 6.59. The molecule has 0 saturated heterocycles. The number of rotatable bonds is 8. The third-order valence-corrected chi connectivity index (χ3v) is 3.18. The lowest BCUT2D eigenvalue weighted by molar-refractivity contribution is 0.195. The highest BCUT2D eigenvalue weighted by atomic mass is 127. The Bertz CT molecular complexity index is 393. The van der Waals surface area contributed by atoms with Gasteiger partial charge >= 0.3 is 0 Å². The Balaban J connectivity index is 0.00000400. The molecule has 0 aromatic heterocycles. The van der Waals surface area contributed by atoms with Gasteiger partial charge in [-0.3, -0.25) is 4.99 Å². The Kier molecular flexibility index (Phi) is 12.4. The average molecular weight is 405 g/mol. The van der Waals surface area contributed by atoms with E-state index in [1.807, 2.05) is 0 Å². The zero-order valence-electron chi connectivity index (χ0n) is 13.3. The molecule has 0 radical (unpaired) electrons. The van der Waals surface area contributed by atoms with Gasteiger partial charge in [0.05, 0.1) is 0 Å². The Labute approximate surface area is 145 Å². The maximum atomic E-state index is 5.01. The molecule has 0 fully saturated rings. The summed E-state index contributed by atoms with van der Waals surface area (Å²) < 4.78 is 5.01. The summed E-state index contributed by atoms with van der Waals surface area (Å²) in [5.41, 5.74) is 2.74. The molecular formula is C16H28IN3O. The van der Waals surface area contributed by atoms with Crippen LogP contribution in [0.15, 0.2) is 29.3 Å². The Hall–Kier alpha value is -0.820. The van der Waals surface area contributed by atoms with Crippen LogP contribution in [0.2, 0.25) is 0 Å². The number of nitrogens with one attached hydrogen (secondary N) is 2. The molecular weight excluding hydrogens is 377 g/mol. The van der Waals surface area contributed by atoms with Crippen LogP contribution in [-0.2, 0) is 17.6 Å². The number of aliphatic imine (C=N–C) groups is 1. The summed E-state index contributed by atoms with van der Waals surface area (Å²) in [6.45, 7) is 4.71. The number of methoxy groups -OCH3 is 1. The maximum absolute atomic E-state index is 5.01. The molecule has 5 heteroatoms. The van der Waals surface area contributed by atoms with E-state index >= 15 is 0 Å². The number of benzene rings is 1. The first-order chi connectivity index (χ1) is 9.80. The topological polar surface area (TPSA) is 45.7 Å². The summed E-state index contributed by atoms with van der Waals surface area (Å²) in [7, 11) is 3.51. The quantitative estimate of drug-likeness (QED) is 0.303. The second kappa shape index (κ2) is 12.9. The minimum absolute atomic E-state index is 0. The molecule has 1 aromatic rings. The summed E-state index contributed by atoms with van der Waals surface area (Å²) in [6.07, 6.45) is 3.08. The molecule has 0 amide bonds. The lowest BCUT2D eigenvalue weighted by Gasteiger charge is -2.11. The van der Waals surface area contributed by atoms with Gasteiger partial charge in [0.2, 0.25) is 0 Å². The van der Waals surface area contributed by atoms with E-state index in [1.54, 1.807) is 14.2 Å². The van der Waals surface area contributed by atoms with Gasteiger partial charge in [-0.25, -0.2) is 0 Å². The summed E-state index contributed by atoms with van der Waals surface area (Å²) >= 11 is 0. The lowest BCUT2D eigenvalue weighted by Crippen LogP contribution is -2.39. The van der Waals surface area contributed by atoms with Gasteiger partial charge in [0.15, 0.2) is 5.96 Å². The van der Waals surface area contributed by atoms with Gasteiger partial charge < -0.3 is 15.4 Å². The van der Waals surface area contributed by atoms with Crippen LogP contribution in [0.1, 0.15) is 24.5 Å². The molecule has 4 nitrogen and oxygen atoms in total. The second-order valence-corrected chi connectivity index (χ2v) is 4.69. The number of hydrogen-bond donors (Lipinski definition) is 2. The first-order valence-corrected chi connectivity index (χ1v) is 7.31. The zero-order chi connectivity index (χ0) is 14.6. The smallest absolute Gasteiger partial charge is 0.190 e. The maximum Gasteiger partial charge on any atom is 0.190 e. The van der Waals surface area contributed by atoms with Crippen LogP contribution in [-0.4, -0.2) is 39.8 Å². The first kappa shape index (κ1) is 20.2. The lowest BCUT2D eigenvalue weighted by atomic mass is 10.1. The van der Waals surface area contributed by atoms with Crippen molar-refractivity contribution in [2.75, 3.05) is 33.9 Å². The molecule has 0 atom stereocenters. The van der Waals surface area contributed by atoms with Gasteiger partial charge in [0, 0.05) is 33.9 Å². The fourth-order valence-corrected chi connectivity index (χ4v) is 1.91. The molecule has 0 saturated carbocycles. The molecule has 21 heavy (non-hydrogen) atoms. The van der Waals surface area contributed by atoms with Crippen molar-refractivity contribution in [1.29, 1.82) is 0 Å². The SMILES string of the molecule is CCc1ccc(CCNC(=NC)NCCCOC)cc1.I. The van der Waals surface area contributed by atoms with E-state index in [2.05, 4.69) is 46.8 Å². The van der Waals surface area contributed by atoms with Crippen LogP contribution in [0.4, 0.5) is 0 Å². The van der Waals surface area contributed by atoms with Crippen LogP contribution in [0.5, 0.6) is 0 Å². The predicted molar refractivity (Wildman–Crippen MR) is 101 cm³/mol. The van der Waals surface area contributed by atoms with Crippen molar-refractivity contribution in [2.24, 2.45) is 4.99 Å². The summed E-state index contributed by atoms with van der Waals surface area (Å²) in [4.78, 5) is 4.20. The molecule has 2 N–H and O–H groups in total. The number of guanidine groups is 1. The van der Waals surface area contributed by atoms with Crippen molar-refractivity contribution in [2.45, 2.75) is 26.2 Å². The van der Waals surface area contributed by atoms with E-state index < -0.39 is 0 Å². The third-order valence-electron chi connectivity index (χ3n) is 3.18. The largest absolute Gasteiger partial charge is 0.385 e. The highest BCUT2D eigenvalue weighted by molar-refractivity contribution is 14.0. The van der Waals surface area contributed by atoms with E-state index in [1.165, 1.54) is 11.1 Å². The van der Waals surface area contributed by atoms with Gasteiger partial charge in [-0.05, 0) is 30.4 Å². The molecule has 0 unspecified atom stereocenters. The average Bonchev–Trinajstić information content (AvgIpc) is 2.50. The summed E-state index contributed by atoms with van der Waals surface area (Å²) in [5.74, 6) is 0.853. The Morgan fingerprint density at radius 3 is 2.29 bits per heavy atom. The van der Waals surface area contributed by atoms with Crippen molar-refractivity contribution in [3.05, 3.63) is 35.4 Å². The van der Waals surface area contributed by atoms with Crippen molar-refractivity contribution in [3.8, 4) is 0 Å². The number of hydrogen-bond acceptors (Lipinski definition) is 2. The van der Waals surface area contributed by atoms with Gasteiger partial charge in [0.1, 0.15) is 0 Å². The van der Waals surface area contributed by atoms with Crippen LogP contribution >= 0.6 is 24.0 Å². The first-order valence-electron chi connectivity index (χ1n) is 7.31. The predicted octanol–water partition coefficient (Wildman–Crippen LogP) is 2.61. The Morgan fingerprint density at radius 2 is 1.71 bits per heavy atom. The van der Waals surface area contributed by atoms with Crippen LogP contribution in [0.3, 0.4) is 0 Å². The van der Waals surface area contributed by atoms with Gasteiger partial charge in [-0.15, -0.1) is 24.0 Å². The molecule has 0 heterocycles. The van der Waals surface area contributed by atoms with E-state index in [9.17, 15) is 0 Å². The number of halogens is 1. The molecule has 1 rings (SSSR count). The normalized spacial score (nSPS) is 10.9. The van der Waals surface area contributed by atoms with Gasteiger partial charge in [-0.1, -0.05) is 31.2 Å². The third kappa shape index (κ3) is 8.93. The van der Waals surface area contributed by atoms with Crippen LogP contribution in [0, 0.1) is 0 Å². The second-order valence-electron chi connectivity index (χ2n) is 4.69. The monoisotopic (exact) mass is 405 g/mol. The fraction of sp³-hybridized carbons (Fsp3) is 0.562. The van der Waals surface area contributed by atoms with Crippen molar-refractivity contribution in [1.82, 2.24) is 10.6 Å².